The third kappa shape index (κ3) is 0.779. The zero-order valence-corrected chi connectivity index (χ0v) is 5.76. The van der Waals surface area contributed by atoms with Crippen molar-refractivity contribution in [2.45, 2.75) is 0 Å². The number of anilines is 2. The Bertz CT molecular complexity index is 393. The summed E-state index contributed by atoms with van der Waals surface area (Å²) in [7, 11) is 0. The quantitative estimate of drug-likeness (QED) is 0.325. The lowest BCUT2D eigenvalue weighted by Crippen LogP contribution is -2.40. The van der Waals surface area contributed by atoms with Crippen molar-refractivity contribution in [2.24, 2.45) is 0 Å². The van der Waals surface area contributed by atoms with Crippen LogP contribution in [-0.4, -0.2) is 19.9 Å². The highest BCUT2D eigenvalue weighted by molar-refractivity contribution is 5.55. The van der Waals surface area contributed by atoms with Gasteiger partial charge in [-0.25, -0.2) is 4.79 Å². The predicted molar refractivity (Wildman–Crippen MR) is 38.2 cm³/mol. The molecule has 8 heteroatoms. The smallest absolute Gasteiger partial charge is 0.399 e. The van der Waals surface area contributed by atoms with Gasteiger partial charge in [0, 0.05) is 0 Å². The van der Waals surface area contributed by atoms with E-state index in [1.165, 1.54) is 0 Å². The van der Waals surface area contributed by atoms with Crippen molar-refractivity contribution in [3.05, 3.63) is 20.8 Å². The minimum atomic E-state index is -1.37. The molecule has 1 heterocycles. The fourth-order valence-corrected chi connectivity index (χ4v) is 0.617. The van der Waals surface area contributed by atoms with Crippen LogP contribution in [0.3, 0.4) is 0 Å². The molecule has 8 nitrogen and oxygen atoms in total. The van der Waals surface area contributed by atoms with E-state index in [1.54, 1.807) is 0 Å². The Balaban J connectivity index is 3.86. The van der Waals surface area contributed by atoms with Crippen LogP contribution >= 0.6 is 0 Å². The average molecular weight is 174 g/mol. The van der Waals surface area contributed by atoms with Gasteiger partial charge in [-0.15, -0.1) is 4.73 Å². The Labute approximate surface area is 64.8 Å². The molecule has 0 atom stereocenters. The van der Waals surface area contributed by atoms with E-state index in [9.17, 15) is 9.59 Å². The minimum absolute atomic E-state index is 0.128. The summed E-state index contributed by atoms with van der Waals surface area (Å²) in [6.07, 6.45) is 0. The Morgan fingerprint density at radius 2 is 1.58 bits per heavy atom. The van der Waals surface area contributed by atoms with E-state index < -0.39 is 22.8 Å². The largest absolute Gasteiger partial charge is 0.422 e. The van der Waals surface area contributed by atoms with Crippen molar-refractivity contribution >= 4 is 11.5 Å². The van der Waals surface area contributed by atoms with Crippen LogP contribution in [0.25, 0.3) is 0 Å². The molecule has 0 unspecified atom stereocenters. The van der Waals surface area contributed by atoms with E-state index in [-0.39, 0.29) is 9.46 Å². The van der Waals surface area contributed by atoms with Crippen molar-refractivity contribution < 1.29 is 10.4 Å². The maximum absolute atomic E-state index is 10.7. The highest BCUT2D eigenvalue weighted by atomic mass is 16.5. The van der Waals surface area contributed by atoms with Gasteiger partial charge in [-0.2, -0.15) is 0 Å². The molecular formula is C4H6N4O4. The summed E-state index contributed by atoms with van der Waals surface area (Å²) in [6, 6.07) is 0. The fraction of sp³-hybridized carbons (Fsp3) is 0. The first-order valence-electron chi connectivity index (χ1n) is 2.78. The molecule has 1 rings (SSSR count). The summed E-state index contributed by atoms with van der Waals surface area (Å²) in [5, 5.41) is 17.4. The van der Waals surface area contributed by atoms with Crippen LogP contribution in [0.15, 0.2) is 9.59 Å². The molecule has 0 aromatic carbocycles. The lowest BCUT2D eigenvalue weighted by Gasteiger charge is -2.04. The monoisotopic (exact) mass is 174 g/mol. The van der Waals surface area contributed by atoms with Crippen LogP contribution in [0.1, 0.15) is 0 Å². The Kier molecular flexibility index (Phi) is 1.45. The number of hydrogen-bond donors (Lipinski definition) is 4. The number of hydrogen-bond acceptors (Lipinski definition) is 6. The van der Waals surface area contributed by atoms with Gasteiger partial charge in [-0.3, -0.25) is 4.79 Å². The van der Waals surface area contributed by atoms with Crippen molar-refractivity contribution in [1.29, 1.82) is 0 Å². The molecule has 0 fully saturated rings. The van der Waals surface area contributed by atoms with E-state index in [0.717, 1.165) is 0 Å². The minimum Gasteiger partial charge on any atom is -0.422 e. The molecule has 0 saturated heterocycles. The SMILES string of the molecule is Nc1c(N)n(O)c(=O)n(O)c1=O. The van der Waals surface area contributed by atoms with E-state index in [2.05, 4.69) is 0 Å². The van der Waals surface area contributed by atoms with E-state index in [1.807, 2.05) is 0 Å². The Morgan fingerprint density at radius 1 is 1.08 bits per heavy atom. The maximum Gasteiger partial charge on any atom is 0.399 e. The predicted octanol–water partition coefficient (Wildman–Crippen LogP) is -2.35. The zero-order chi connectivity index (χ0) is 9.46. The van der Waals surface area contributed by atoms with Crippen molar-refractivity contribution in [3.8, 4) is 0 Å². The number of nitrogen functional groups attached to an aromatic ring is 2. The van der Waals surface area contributed by atoms with Gasteiger partial charge in [0.25, 0.3) is 0 Å². The molecule has 1 aromatic heterocycles. The van der Waals surface area contributed by atoms with Gasteiger partial charge >= 0.3 is 11.2 Å². The third-order valence-corrected chi connectivity index (χ3v) is 1.29. The van der Waals surface area contributed by atoms with Crippen LogP contribution < -0.4 is 22.7 Å². The van der Waals surface area contributed by atoms with Crippen molar-refractivity contribution in [2.75, 3.05) is 11.5 Å². The molecule has 0 radical (unpaired) electrons. The molecule has 12 heavy (non-hydrogen) atoms. The second-order valence-corrected chi connectivity index (χ2v) is 2.01. The molecule has 0 aliphatic rings. The van der Waals surface area contributed by atoms with Gasteiger partial charge in [0.1, 0.15) is 5.69 Å². The lowest BCUT2D eigenvalue weighted by atomic mass is 10.5. The topological polar surface area (TPSA) is 137 Å². The number of rotatable bonds is 0. The van der Waals surface area contributed by atoms with Gasteiger partial charge in [-0.1, -0.05) is 4.73 Å². The average Bonchev–Trinajstić information content (AvgIpc) is 2.08. The summed E-state index contributed by atoms with van der Waals surface area (Å²) in [5.74, 6) is -0.602. The molecule has 0 spiro atoms. The Hall–Kier alpha value is -2.12. The van der Waals surface area contributed by atoms with Crippen LogP contribution in [0.5, 0.6) is 0 Å². The first kappa shape index (κ1) is 7.98. The summed E-state index contributed by atoms with van der Waals surface area (Å²) >= 11 is 0. The lowest BCUT2D eigenvalue weighted by molar-refractivity contribution is 0.107. The normalized spacial score (nSPS) is 10.0. The van der Waals surface area contributed by atoms with Crippen LogP contribution in [-0.2, 0) is 0 Å². The summed E-state index contributed by atoms with van der Waals surface area (Å²) in [4.78, 5) is 21.4. The van der Waals surface area contributed by atoms with Crippen LogP contribution in [0, 0.1) is 0 Å². The number of aromatic nitrogens is 2. The summed E-state index contributed by atoms with van der Waals surface area (Å²) < 4.78 is -0.470. The van der Waals surface area contributed by atoms with Gasteiger partial charge in [0.15, 0.2) is 5.82 Å². The zero-order valence-electron chi connectivity index (χ0n) is 5.76. The first-order chi connectivity index (χ1) is 5.46. The van der Waals surface area contributed by atoms with E-state index in [0.29, 0.717) is 0 Å². The maximum atomic E-state index is 10.7. The first-order valence-corrected chi connectivity index (χ1v) is 2.78. The highest BCUT2D eigenvalue weighted by Crippen LogP contribution is 2.01. The summed E-state index contributed by atoms with van der Waals surface area (Å²) in [5.41, 5.74) is 6.90. The summed E-state index contributed by atoms with van der Waals surface area (Å²) in [6.45, 7) is 0. The second kappa shape index (κ2) is 2.19. The third-order valence-electron chi connectivity index (χ3n) is 1.29. The molecule has 1 aromatic rings. The van der Waals surface area contributed by atoms with Crippen LogP contribution in [0.4, 0.5) is 11.5 Å². The fourth-order valence-electron chi connectivity index (χ4n) is 0.617. The van der Waals surface area contributed by atoms with Crippen LogP contribution in [0.2, 0.25) is 0 Å². The molecule has 66 valence electrons. The van der Waals surface area contributed by atoms with Crippen molar-refractivity contribution in [3.63, 3.8) is 0 Å². The molecule has 6 N–H and O–H groups in total. The van der Waals surface area contributed by atoms with Gasteiger partial charge in [-0.05, 0) is 0 Å². The molecule has 0 aliphatic carbocycles. The standard InChI is InChI=1S/C4H6N4O4/c5-1-2(6)7(11)4(10)8(12)3(1)9/h11-12H,5-6H2. The molecule has 0 aliphatic heterocycles. The Morgan fingerprint density at radius 3 is 2.08 bits per heavy atom. The molecule has 0 saturated carbocycles. The number of nitrogens with zero attached hydrogens (tertiary/aromatic N) is 2. The van der Waals surface area contributed by atoms with E-state index in [4.69, 9.17) is 21.9 Å². The molecule has 0 bridgehead atoms. The van der Waals surface area contributed by atoms with Gasteiger partial charge in [0.2, 0.25) is 0 Å². The van der Waals surface area contributed by atoms with Gasteiger partial charge in [0.05, 0.1) is 0 Å². The van der Waals surface area contributed by atoms with Gasteiger partial charge < -0.3 is 21.9 Å². The van der Waals surface area contributed by atoms with E-state index >= 15 is 0 Å². The molecular weight excluding hydrogens is 168 g/mol. The highest BCUT2D eigenvalue weighted by Gasteiger charge is 2.12. The molecule has 0 amide bonds. The second-order valence-electron chi connectivity index (χ2n) is 2.01. The number of nitrogens with two attached hydrogens (primary N) is 2. The van der Waals surface area contributed by atoms with Crippen molar-refractivity contribution in [1.82, 2.24) is 9.46 Å².